The standard InChI is InChI=1S/C14H11ClN4OS/c1-7-3-12-11(4-10(7)15)18-14(21-12)19-13(20)9-5-16-6-17-8(9)2/h3-6H,1-2H3,(H,18,19,20). The van der Waals surface area contributed by atoms with E-state index in [-0.39, 0.29) is 5.91 Å². The van der Waals surface area contributed by atoms with Crippen molar-refractivity contribution in [1.29, 1.82) is 0 Å². The highest BCUT2D eigenvalue weighted by atomic mass is 35.5. The average Bonchev–Trinajstić information content (AvgIpc) is 2.81. The number of halogens is 1. The van der Waals surface area contributed by atoms with Gasteiger partial charge in [-0.05, 0) is 31.5 Å². The van der Waals surface area contributed by atoms with Crippen LogP contribution in [0.3, 0.4) is 0 Å². The Bertz CT molecular complexity index is 807. The molecule has 5 nitrogen and oxygen atoms in total. The summed E-state index contributed by atoms with van der Waals surface area (Å²) in [6, 6.07) is 3.76. The minimum atomic E-state index is -0.269. The van der Waals surface area contributed by atoms with Gasteiger partial charge in [0.1, 0.15) is 6.33 Å². The maximum Gasteiger partial charge on any atom is 0.260 e. The molecule has 0 bridgehead atoms. The average molecular weight is 319 g/mol. The van der Waals surface area contributed by atoms with E-state index >= 15 is 0 Å². The monoisotopic (exact) mass is 318 g/mol. The number of thiazole rings is 1. The zero-order chi connectivity index (χ0) is 15.0. The highest BCUT2D eigenvalue weighted by Gasteiger charge is 2.13. The van der Waals surface area contributed by atoms with Crippen molar-refractivity contribution < 1.29 is 4.79 Å². The van der Waals surface area contributed by atoms with Crippen molar-refractivity contribution >= 4 is 44.2 Å². The number of carbonyl (C=O) groups excluding carboxylic acids is 1. The molecule has 0 aliphatic rings. The lowest BCUT2D eigenvalue weighted by atomic mass is 10.2. The van der Waals surface area contributed by atoms with E-state index in [2.05, 4.69) is 20.3 Å². The first-order chi connectivity index (χ1) is 10.0. The van der Waals surface area contributed by atoms with Crippen molar-refractivity contribution in [3.05, 3.63) is 46.5 Å². The number of benzene rings is 1. The van der Waals surface area contributed by atoms with Gasteiger partial charge in [-0.2, -0.15) is 0 Å². The Kier molecular flexibility index (Phi) is 3.57. The van der Waals surface area contributed by atoms with E-state index < -0.39 is 0 Å². The normalized spacial score (nSPS) is 10.8. The number of hydrogen-bond donors (Lipinski definition) is 1. The number of amides is 1. The van der Waals surface area contributed by atoms with Crippen LogP contribution in [0.25, 0.3) is 10.2 Å². The van der Waals surface area contributed by atoms with Gasteiger partial charge in [0, 0.05) is 11.2 Å². The summed E-state index contributed by atoms with van der Waals surface area (Å²) in [6.45, 7) is 3.70. The summed E-state index contributed by atoms with van der Waals surface area (Å²) in [5.74, 6) is -0.269. The molecule has 0 aliphatic heterocycles. The molecule has 0 saturated heterocycles. The Morgan fingerprint density at radius 1 is 1.33 bits per heavy atom. The van der Waals surface area contributed by atoms with Crippen molar-refractivity contribution in [2.75, 3.05) is 5.32 Å². The summed E-state index contributed by atoms with van der Waals surface area (Å²) in [5, 5.41) is 3.97. The number of hydrogen-bond acceptors (Lipinski definition) is 5. The van der Waals surface area contributed by atoms with E-state index in [1.807, 2.05) is 13.0 Å². The third kappa shape index (κ3) is 2.72. The molecule has 21 heavy (non-hydrogen) atoms. The molecule has 2 aromatic heterocycles. The zero-order valence-electron chi connectivity index (χ0n) is 11.3. The molecular formula is C14H11ClN4OS. The van der Waals surface area contributed by atoms with Gasteiger partial charge in [-0.1, -0.05) is 22.9 Å². The van der Waals surface area contributed by atoms with Gasteiger partial charge in [0.25, 0.3) is 5.91 Å². The number of rotatable bonds is 2. The van der Waals surface area contributed by atoms with Crippen LogP contribution in [-0.4, -0.2) is 20.9 Å². The first-order valence-electron chi connectivity index (χ1n) is 6.19. The van der Waals surface area contributed by atoms with E-state index in [1.165, 1.54) is 23.9 Å². The van der Waals surface area contributed by atoms with Crippen molar-refractivity contribution in [2.45, 2.75) is 13.8 Å². The van der Waals surface area contributed by atoms with Gasteiger partial charge in [0.05, 0.1) is 21.5 Å². The maximum atomic E-state index is 12.2. The number of nitrogens with one attached hydrogen (secondary N) is 1. The lowest BCUT2D eigenvalue weighted by Gasteiger charge is -2.02. The largest absolute Gasteiger partial charge is 0.298 e. The predicted octanol–water partition coefficient (Wildman–Crippen LogP) is 3.61. The predicted molar refractivity (Wildman–Crippen MR) is 84.1 cm³/mol. The molecule has 0 aliphatic carbocycles. The van der Waals surface area contributed by atoms with Crippen molar-refractivity contribution in [2.24, 2.45) is 0 Å². The Balaban J connectivity index is 1.92. The van der Waals surface area contributed by atoms with Crippen LogP contribution in [0.4, 0.5) is 5.13 Å². The smallest absolute Gasteiger partial charge is 0.260 e. The topological polar surface area (TPSA) is 67.8 Å². The second-order valence-electron chi connectivity index (χ2n) is 4.56. The first kappa shape index (κ1) is 13.9. The fraction of sp³-hybridized carbons (Fsp3) is 0.143. The number of nitrogens with zero attached hydrogens (tertiary/aromatic N) is 3. The van der Waals surface area contributed by atoms with Gasteiger partial charge in [-0.25, -0.2) is 15.0 Å². The number of carbonyl (C=O) groups is 1. The summed E-state index contributed by atoms with van der Waals surface area (Å²) in [6.07, 6.45) is 2.90. The lowest BCUT2D eigenvalue weighted by Crippen LogP contribution is -2.14. The Hall–Kier alpha value is -2.05. The molecule has 0 spiro atoms. The summed E-state index contributed by atoms with van der Waals surface area (Å²) in [5.41, 5.74) is 2.82. The second kappa shape index (κ2) is 5.38. The van der Waals surface area contributed by atoms with Gasteiger partial charge in [0.2, 0.25) is 0 Å². The zero-order valence-corrected chi connectivity index (χ0v) is 12.9. The fourth-order valence-corrected chi connectivity index (χ4v) is 2.98. The molecule has 0 atom stereocenters. The molecule has 1 aromatic carbocycles. The van der Waals surface area contributed by atoms with Crippen LogP contribution >= 0.6 is 22.9 Å². The van der Waals surface area contributed by atoms with E-state index in [1.54, 1.807) is 13.0 Å². The van der Waals surface area contributed by atoms with Crippen LogP contribution in [0.2, 0.25) is 5.02 Å². The van der Waals surface area contributed by atoms with Gasteiger partial charge in [0.15, 0.2) is 5.13 Å². The SMILES string of the molecule is Cc1cc2sc(NC(=O)c3cncnc3C)nc2cc1Cl. The summed E-state index contributed by atoms with van der Waals surface area (Å²) >= 11 is 7.49. The molecule has 1 N–H and O–H groups in total. The van der Waals surface area contributed by atoms with Gasteiger partial charge in [-0.3, -0.25) is 10.1 Å². The molecule has 0 radical (unpaired) electrons. The molecule has 0 saturated carbocycles. The third-order valence-electron chi connectivity index (χ3n) is 3.05. The highest BCUT2D eigenvalue weighted by Crippen LogP contribution is 2.30. The number of aromatic nitrogens is 3. The summed E-state index contributed by atoms with van der Waals surface area (Å²) in [4.78, 5) is 24.4. The highest BCUT2D eigenvalue weighted by molar-refractivity contribution is 7.22. The molecule has 0 fully saturated rings. The van der Waals surface area contributed by atoms with Crippen molar-refractivity contribution in [3.8, 4) is 0 Å². The van der Waals surface area contributed by atoms with Gasteiger partial charge >= 0.3 is 0 Å². The van der Waals surface area contributed by atoms with Crippen LogP contribution in [0, 0.1) is 13.8 Å². The Labute approximate surface area is 130 Å². The van der Waals surface area contributed by atoms with E-state index in [0.29, 0.717) is 21.4 Å². The van der Waals surface area contributed by atoms with Crippen LogP contribution in [-0.2, 0) is 0 Å². The lowest BCUT2D eigenvalue weighted by molar-refractivity contribution is 0.102. The quantitative estimate of drug-likeness (QED) is 0.783. The molecule has 7 heteroatoms. The van der Waals surface area contributed by atoms with Crippen LogP contribution in [0.5, 0.6) is 0 Å². The van der Waals surface area contributed by atoms with E-state index in [0.717, 1.165) is 15.8 Å². The molecular weight excluding hydrogens is 308 g/mol. The molecule has 0 unspecified atom stereocenters. The Morgan fingerprint density at radius 2 is 2.14 bits per heavy atom. The van der Waals surface area contributed by atoms with Crippen LogP contribution < -0.4 is 5.32 Å². The Morgan fingerprint density at radius 3 is 2.90 bits per heavy atom. The van der Waals surface area contributed by atoms with Crippen molar-refractivity contribution in [3.63, 3.8) is 0 Å². The van der Waals surface area contributed by atoms with Crippen LogP contribution in [0.15, 0.2) is 24.7 Å². The molecule has 3 aromatic rings. The molecule has 1 amide bonds. The minimum Gasteiger partial charge on any atom is -0.298 e. The maximum absolute atomic E-state index is 12.2. The number of fused-ring (bicyclic) bond motifs is 1. The molecule has 2 heterocycles. The van der Waals surface area contributed by atoms with Gasteiger partial charge < -0.3 is 0 Å². The first-order valence-corrected chi connectivity index (χ1v) is 7.38. The van der Waals surface area contributed by atoms with E-state index in [4.69, 9.17) is 11.6 Å². The van der Waals surface area contributed by atoms with Gasteiger partial charge in [-0.15, -0.1) is 0 Å². The third-order valence-corrected chi connectivity index (χ3v) is 4.39. The van der Waals surface area contributed by atoms with E-state index in [9.17, 15) is 4.79 Å². The minimum absolute atomic E-state index is 0.269. The summed E-state index contributed by atoms with van der Waals surface area (Å²) < 4.78 is 0.980. The molecule has 106 valence electrons. The fourth-order valence-electron chi connectivity index (χ4n) is 1.88. The van der Waals surface area contributed by atoms with Crippen LogP contribution in [0.1, 0.15) is 21.6 Å². The summed E-state index contributed by atoms with van der Waals surface area (Å²) in [7, 11) is 0. The van der Waals surface area contributed by atoms with Crippen molar-refractivity contribution in [1.82, 2.24) is 15.0 Å². The second-order valence-corrected chi connectivity index (χ2v) is 6.00. The number of aryl methyl sites for hydroxylation is 2. The molecule has 3 rings (SSSR count). The number of anilines is 1.